The second-order valence-electron chi connectivity index (χ2n) is 8.13. The van der Waals surface area contributed by atoms with Crippen molar-refractivity contribution in [1.82, 2.24) is 24.9 Å². The Hall–Kier alpha value is -3.57. The molecule has 2 aliphatic rings. The second kappa shape index (κ2) is 9.12. The summed E-state index contributed by atoms with van der Waals surface area (Å²) in [6, 6.07) is 3.85. The van der Waals surface area contributed by atoms with Gasteiger partial charge in [0.25, 0.3) is 0 Å². The number of nitrogens with zero attached hydrogens (tertiary/aromatic N) is 7. The van der Waals surface area contributed by atoms with Gasteiger partial charge in [-0.05, 0) is 19.4 Å². The Morgan fingerprint density at radius 1 is 1.15 bits per heavy atom. The van der Waals surface area contributed by atoms with E-state index in [1.807, 2.05) is 19.1 Å². The highest BCUT2D eigenvalue weighted by Gasteiger charge is 2.29. The molecule has 1 unspecified atom stereocenters. The van der Waals surface area contributed by atoms with Crippen LogP contribution in [0.15, 0.2) is 30.7 Å². The van der Waals surface area contributed by atoms with Crippen LogP contribution in [0.1, 0.15) is 12.5 Å². The van der Waals surface area contributed by atoms with Gasteiger partial charge >= 0.3 is 0 Å². The van der Waals surface area contributed by atoms with Gasteiger partial charge in [-0.3, -0.25) is 0 Å². The first-order valence-corrected chi connectivity index (χ1v) is 11.0. The maximum absolute atomic E-state index is 9.37. The molecule has 33 heavy (non-hydrogen) atoms. The molecular weight excluding hydrogens is 422 g/mol. The van der Waals surface area contributed by atoms with Crippen LogP contribution in [0.5, 0.6) is 0 Å². The number of hydrogen-bond acceptors (Lipinski definition) is 11. The van der Waals surface area contributed by atoms with Crippen molar-refractivity contribution in [2.24, 2.45) is 0 Å². The van der Waals surface area contributed by atoms with Gasteiger partial charge in [0.05, 0.1) is 25.5 Å². The number of morpholine rings is 1. The van der Waals surface area contributed by atoms with Gasteiger partial charge in [0.15, 0.2) is 0 Å². The first-order valence-electron chi connectivity index (χ1n) is 11.0. The van der Waals surface area contributed by atoms with E-state index < -0.39 is 0 Å². The number of fused-ring (bicyclic) bond motifs is 1. The summed E-state index contributed by atoms with van der Waals surface area (Å²) in [7, 11) is 0. The fourth-order valence-corrected chi connectivity index (χ4v) is 4.06. The van der Waals surface area contributed by atoms with Crippen LogP contribution in [0.2, 0.25) is 0 Å². The van der Waals surface area contributed by atoms with Crippen LogP contribution >= 0.6 is 0 Å². The van der Waals surface area contributed by atoms with E-state index in [0.29, 0.717) is 25.0 Å². The topological polar surface area (TPSA) is 138 Å². The van der Waals surface area contributed by atoms with Crippen molar-refractivity contribution >= 4 is 29.2 Å². The summed E-state index contributed by atoms with van der Waals surface area (Å²) in [5.41, 5.74) is 9.37. The predicted molar refractivity (Wildman–Crippen MR) is 126 cm³/mol. The average molecular weight is 450 g/mol. The molecule has 5 heterocycles. The zero-order chi connectivity index (χ0) is 22.8. The molecular formula is C22H27N9O2. The molecule has 0 radical (unpaired) electrons. The van der Waals surface area contributed by atoms with E-state index >= 15 is 0 Å². The largest absolute Gasteiger partial charge is 0.394 e. The minimum atomic E-state index is -0.0917. The fourth-order valence-electron chi connectivity index (χ4n) is 4.06. The van der Waals surface area contributed by atoms with Crippen LogP contribution in [-0.2, 0) is 11.2 Å². The molecule has 3 aromatic heterocycles. The molecule has 11 heteroatoms. The van der Waals surface area contributed by atoms with Crippen LogP contribution in [0.4, 0.5) is 29.2 Å². The lowest BCUT2D eigenvalue weighted by molar-refractivity contribution is 0.122. The van der Waals surface area contributed by atoms with Gasteiger partial charge < -0.3 is 30.7 Å². The average Bonchev–Trinajstić information content (AvgIpc) is 3.29. The van der Waals surface area contributed by atoms with E-state index in [1.165, 1.54) is 0 Å². The number of nitrogen functional groups attached to an aromatic ring is 1. The Morgan fingerprint density at radius 3 is 2.70 bits per heavy atom. The maximum atomic E-state index is 9.37. The molecule has 1 atom stereocenters. The molecule has 0 amide bonds. The van der Waals surface area contributed by atoms with E-state index in [1.54, 1.807) is 18.6 Å². The SMILES string of the molecule is CC(CO)Nc1cc(N2CCc3c(-c4cnc(N)nc4)nc(N4CCOCC4)nc32)ccn1. The van der Waals surface area contributed by atoms with Crippen molar-refractivity contribution in [1.29, 1.82) is 0 Å². The van der Waals surface area contributed by atoms with Crippen LogP contribution < -0.4 is 20.9 Å². The molecule has 2 aliphatic heterocycles. The highest BCUT2D eigenvalue weighted by Crippen LogP contribution is 2.39. The third-order valence-corrected chi connectivity index (χ3v) is 5.78. The molecule has 0 aromatic carbocycles. The summed E-state index contributed by atoms with van der Waals surface area (Å²) in [6.45, 7) is 5.46. The van der Waals surface area contributed by atoms with E-state index in [-0.39, 0.29) is 18.6 Å². The number of anilines is 5. The van der Waals surface area contributed by atoms with E-state index in [4.69, 9.17) is 20.4 Å². The Balaban J connectivity index is 1.57. The molecule has 0 spiro atoms. The Morgan fingerprint density at radius 2 is 1.94 bits per heavy atom. The van der Waals surface area contributed by atoms with Gasteiger partial charge in [-0.2, -0.15) is 4.98 Å². The number of rotatable bonds is 6. The number of nitrogens with one attached hydrogen (secondary N) is 1. The molecule has 0 saturated carbocycles. The van der Waals surface area contributed by atoms with Gasteiger partial charge in [0.2, 0.25) is 11.9 Å². The van der Waals surface area contributed by atoms with Gasteiger partial charge in [-0.1, -0.05) is 0 Å². The molecule has 3 aromatic rings. The van der Waals surface area contributed by atoms with Crippen LogP contribution in [0.25, 0.3) is 11.3 Å². The smallest absolute Gasteiger partial charge is 0.228 e. The minimum Gasteiger partial charge on any atom is -0.394 e. The standard InChI is InChI=1S/C22H27N9O2/c1-14(13-32)27-18-10-16(2-4-24-18)31-5-3-17-19(15-11-25-21(23)26-12-15)28-22(29-20(17)31)30-6-8-33-9-7-30/h2,4,10-12,14,32H,3,5-9,13H2,1H3,(H,24,27)(H2,23,25,26). The molecule has 0 bridgehead atoms. The van der Waals surface area contributed by atoms with Crippen LogP contribution in [0, 0.1) is 0 Å². The third kappa shape index (κ3) is 4.37. The number of aromatic nitrogens is 5. The Kier molecular flexibility index (Phi) is 5.88. The highest BCUT2D eigenvalue weighted by atomic mass is 16.5. The second-order valence-corrected chi connectivity index (χ2v) is 8.13. The van der Waals surface area contributed by atoms with Gasteiger partial charge in [0, 0.05) is 67.1 Å². The lowest BCUT2D eigenvalue weighted by atomic mass is 10.1. The van der Waals surface area contributed by atoms with E-state index in [9.17, 15) is 5.11 Å². The number of aliphatic hydroxyl groups excluding tert-OH is 1. The number of ether oxygens (including phenoxy) is 1. The zero-order valence-electron chi connectivity index (χ0n) is 18.5. The normalized spacial score (nSPS) is 16.5. The zero-order valence-corrected chi connectivity index (χ0v) is 18.5. The molecule has 5 rings (SSSR count). The monoisotopic (exact) mass is 449 g/mol. The van der Waals surface area contributed by atoms with Crippen LogP contribution in [0.3, 0.4) is 0 Å². The van der Waals surface area contributed by atoms with Crippen molar-refractivity contribution in [3.8, 4) is 11.3 Å². The summed E-state index contributed by atoms with van der Waals surface area (Å²) >= 11 is 0. The van der Waals surface area contributed by atoms with Crippen molar-refractivity contribution in [2.75, 3.05) is 60.3 Å². The van der Waals surface area contributed by atoms with Gasteiger partial charge in [-0.15, -0.1) is 0 Å². The Labute approximate surface area is 191 Å². The van der Waals surface area contributed by atoms with E-state index in [0.717, 1.165) is 54.4 Å². The quantitative estimate of drug-likeness (QED) is 0.501. The number of aliphatic hydroxyl groups is 1. The Bertz CT molecular complexity index is 1120. The van der Waals surface area contributed by atoms with Gasteiger partial charge in [-0.25, -0.2) is 19.9 Å². The molecule has 11 nitrogen and oxygen atoms in total. The van der Waals surface area contributed by atoms with Gasteiger partial charge in [0.1, 0.15) is 11.6 Å². The lowest BCUT2D eigenvalue weighted by Crippen LogP contribution is -2.37. The van der Waals surface area contributed by atoms with Crippen molar-refractivity contribution in [3.05, 3.63) is 36.3 Å². The molecule has 1 fully saturated rings. The highest BCUT2D eigenvalue weighted by molar-refractivity contribution is 5.77. The van der Waals surface area contributed by atoms with Crippen molar-refractivity contribution in [2.45, 2.75) is 19.4 Å². The lowest BCUT2D eigenvalue weighted by Gasteiger charge is -2.28. The van der Waals surface area contributed by atoms with Crippen molar-refractivity contribution < 1.29 is 9.84 Å². The molecule has 4 N–H and O–H groups in total. The summed E-state index contributed by atoms with van der Waals surface area (Å²) in [5, 5.41) is 12.6. The number of hydrogen-bond donors (Lipinski definition) is 3. The number of pyridine rings is 1. The first-order chi connectivity index (χ1) is 16.1. The molecule has 0 aliphatic carbocycles. The number of nitrogens with two attached hydrogens (primary N) is 1. The summed E-state index contributed by atoms with van der Waals surface area (Å²) < 4.78 is 5.51. The fraction of sp³-hybridized carbons (Fsp3) is 0.409. The maximum Gasteiger partial charge on any atom is 0.228 e. The molecule has 172 valence electrons. The van der Waals surface area contributed by atoms with Crippen molar-refractivity contribution in [3.63, 3.8) is 0 Å². The van der Waals surface area contributed by atoms with Crippen LogP contribution in [-0.4, -0.2) is 75.5 Å². The summed E-state index contributed by atoms with van der Waals surface area (Å²) in [5.74, 6) is 2.47. The minimum absolute atomic E-state index is 0.0294. The summed E-state index contributed by atoms with van der Waals surface area (Å²) in [4.78, 5) is 27.0. The van der Waals surface area contributed by atoms with E-state index in [2.05, 4.69) is 30.1 Å². The molecule has 1 saturated heterocycles. The third-order valence-electron chi connectivity index (χ3n) is 5.78. The first kappa shape index (κ1) is 21.3. The predicted octanol–water partition coefficient (Wildman–Crippen LogP) is 1.23. The summed E-state index contributed by atoms with van der Waals surface area (Å²) in [6.07, 6.45) is 5.97.